The Hall–Kier alpha value is -2.40. The Morgan fingerprint density at radius 2 is 1.92 bits per heavy atom. The summed E-state index contributed by atoms with van der Waals surface area (Å²) in [6.45, 7) is 2.17. The van der Waals surface area contributed by atoms with Crippen molar-refractivity contribution in [2.75, 3.05) is 26.7 Å². The van der Waals surface area contributed by atoms with E-state index in [1.54, 1.807) is 19.2 Å². The van der Waals surface area contributed by atoms with Crippen molar-refractivity contribution in [2.24, 2.45) is 0 Å². The third-order valence-electron chi connectivity index (χ3n) is 4.33. The first-order chi connectivity index (χ1) is 11.7. The molecule has 0 unspecified atom stereocenters. The van der Waals surface area contributed by atoms with E-state index in [0.717, 1.165) is 30.0 Å². The molecule has 0 spiro atoms. The highest BCUT2D eigenvalue weighted by Crippen LogP contribution is 2.25. The summed E-state index contributed by atoms with van der Waals surface area (Å²) in [6, 6.07) is 13.9. The fourth-order valence-corrected chi connectivity index (χ4v) is 3.01. The predicted molar refractivity (Wildman–Crippen MR) is 90.4 cm³/mol. The smallest absolute Gasteiger partial charge is 0.227 e. The maximum absolute atomic E-state index is 13.0. The van der Waals surface area contributed by atoms with Crippen LogP contribution in [0.2, 0.25) is 0 Å². The molecule has 1 N–H and O–H groups in total. The summed E-state index contributed by atoms with van der Waals surface area (Å²) in [4.78, 5) is 14.6. The zero-order chi connectivity index (χ0) is 16.9. The zero-order valence-electron chi connectivity index (χ0n) is 13.7. The molecule has 2 aromatic carbocycles. The molecule has 0 aromatic heterocycles. The number of ether oxygens (including phenoxy) is 1. The van der Waals surface area contributed by atoms with Gasteiger partial charge in [-0.15, -0.1) is 0 Å². The Morgan fingerprint density at radius 1 is 1.21 bits per heavy atom. The molecule has 4 nitrogen and oxygen atoms in total. The lowest BCUT2D eigenvalue weighted by Crippen LogP contribution is -2.49. The quantitative estimate of drug-likeness (QED) is 0.938. The monoisotopic (exact) mass is 328 g/mol. The van der Waals surface area contributed by atoms with Gasteiger partial charge in [0.05, 0.1) is 19.6 Å². The van der Waals surface area contributed by atoms with Gasteiger partial charge in [0.25, 0.3) is 0 Å². The van der Waals surface area contributed by atoms with Crippen molar-refractivity contribution in [2.45, 2.75) is 12.5 Å². The summed E-state index contributed by atoms with van der Waals surface area (Å²) < 4.78 is 18.2. The molecule has 1 fully saturated rings. The highest BCUT2D eigenvalue weighted by molar-refractivity contribution is 5.79. The minimum atomic E-state index is -0.288. The van der Waals surface area contributed by atoms with Crippen LogP contribution in [-0.2, 0) is 11.2 Å². The van der Waals surface area contributed by atoms with Gasteiger partial charge in [0.15, 0.2) is 0 Å². The number of nitrogens with zero attached hydrogens (tertiary/aromatic N) is 1. The number of hydrogen-bond acceptors (Lipinski definition) is 3. The molecule has 0 radical (unpaired) electrons. The number of methoxy groups -OCH3 is 1. The number of benzene rings is 2. The molecular weight excluding hydrogens is 307 g/mol. The van der Waals surface area contributed by atoms with Crippen molar-refractivity contribution in [1.29, 1.82) is 0 Å². The fraction of sp³-hybridized carbons (Fsp3) is 0.316. The standard InChI is InChI=1S/C19H21FN2O2/c1-24-17-8-4-15(5-9-17)18-13-21-10-11-22(18)19(23)12-14-2-6-16(20)7-3-14/h2-9,18,21H,10-13H2,1H3/t18-/m0/s1. The van der Waals surface area contributed by atoms with E-state index in [1.165, 1.54) is 12.1 Å². The molecule has 1 amide bonds. The Balaban J connectivity index is 1.75. The van der Waals surface area contributed by atoms with Gasteiger partial charge < -0.3 is 15.0 Å². The van der Waals surface area contributed by atoms with E-state index in [9.17, 15) is 9.18 Å². The largest absolute Gasteiger partial charge is 0.497 e. The number of carbonyl (C=O) groups excluding carboxylic acids is 1. The molecule has 5 heteroatoms. The lowest BCUT2D eigenvalue weighted by Gasteiger charge is -2.36. The van der Waals surface area contributed by atoms with Crippen molar-refractivity contribution < 1.29 is 13.9 Å². The maximum Gasteiger partial charge on any atom is 0.227 e. The topological polar surface area (TPSA) is 41.6 Å². The lowest BCUT2D eigenvalue weighted by molar-refractivity contribution is -0.133. The van der Waals surface area contributed by atoms with Gasteiger partial charge in [-0.05, 0) is 35.4 Å². The van der Waals surface area contributed by atoms with Crippen LogP contribution >= 0.6 is 0 Å². The van der Waals surface area contributed by atoms with E-state index in [0.29, 0.717) is 6.54 Å². The van der Waals surface area contributed by atoms with Crippen LogP contribution in [0.15, 0.2) is 48.5 Å². The Kier molecular flexibility index (Phi) is 5.11. The molecule has 0 bridgehead atoms. The van der Waals surface area contributed by atoms with Crippen LogP contribution in [0.5, 0.6) is 5.75 Å². The summed E-state index contributed by atoms with van der Waals surface area (Å²) in [6.07, 6.45) is 0.285. The minimum Gasteiger partial charge on any atom is -0.497 e. The molecule has 1 aliphatic rings. The van der Waals surface area contributed by atoms with Crippen molar-refractivity contribution in [3.63, 3.8) is 0 Å². The summed E-state index contributed by atoms with van der Waals surface area (Å²) in [7, 11) is 1.63. The molecule has 0 aliphatic carbocycles. The second kappa shape index (κ2) is 7.45. The van der Waals surface area contributed by atoms with Crippen LogP contribution < -0.4 is 10.1 Å². The number of carbonyl (C=O) groups is 1. The lowest BCUT2D eigenvalue weighted by atomic mass is 10.0. The number of halogens is 1. The van der Waals surface area contributed by atoms with Gasteiger partial charge in [-0.2, -0.15) is 0 Å². The second-order valence-electron chi connectivity index (χ2n) is 5.88. The van der Waals surface area contributed by atoms with Gasteiger partial charge in [-0.25, -0.2) is 4.39 Å². The van der Waals surface area contributed by atoms with Crippen LogP contribution in [0.3, 0.4) is 0 Å². The molecule has 2 aromatic rings. The van der Waals surface area contributed by atoms with Crippen molar-refractivity contribution >= 4 is 5.91 Å². The Bertz CT molecular complexity index is 686. The molecule has 0 saturated carbocycles. The first kappa shape index (κ1) is 16.5. The van der Waals surface area contributed by atoms with Gasteiger partial charge in [-0.1, -0.05) is 24.3 Å². The van der Waals surface area contributed by atoms with E-state index in [4.69, 9.17) is 4.74 Å². The summed E-state index contributed by atoms with van der Waals surface area (Å²) >= 11 is 0. The number of hydrogen-bond donors (Lipinski definition) is 1. The van der Waals surface area contributed by atoms with E-state index in [-0.39, 0.29) is 24.2 Å². The molecule has 1 atom stereocenters. The van der Waals surface area contributed by atoms with E-state index < -0.39 is 0 Å². The average Bonchev–Trinajstić information content (AvgIpc) is 2.63. The fourth-order valence-electron chi connectivity index (χ4n) is 3.01. The summed E-state index contributed by atoms with van der Waals surface area (Å²) in [5, 5.41) is 3.34. The van der Waals surface area contributed by atoms with Crippen LogP contribution in [0.1, 0.15) is 17.2 Å². The molecule has 1 saturated heterocycles. The average molecular weight is 328 g/mol. The molecule has 126 valence electrons. The number of amides is 1. The van der Waals surface area contributed by atoms with Crippen molar-refractivity contribution in [3.8, 4) is 5.75 Å². The van der Waals surface area contributed by atoms with Crippen molar-refractivity contribution in [3.05, 3.63) is 65.5 Å². The van der Waals surface area contributed by atoms with E-state index in [1.807, 2.05) is 29.2 Å². The van der Waals surface area contributed by atoms with Crippen LogP contribution in [-0.4, -0.2) is 37.6 Å². The van der Waals surface area contributed by atoms with E-state index in [2.05, 4.69) is 5.32 Å². The third kappa shape index (κ3) is 3.74. The molecular formula is C19H21FN2O2. The summed E-state index contributed by atoms with van der Waals surface area (Å²) in [5.41, 5.74) is 1.91. The maximum atomic E-state index is 13.0. The normalized spacial score (nSPS) is 17.6. The van der Waals surface area contributed by atoms with Crippen molar-refractivity contribution in [1.82, 2.24) is 10.2 Å². The van der Waals surface area contributed by atoms with Gasteiger partial charge in [0.2, 0.25) is 5.91 Å². The highest BCUT2D eigenvalue weighted by Gasteiger charge is 2.27. The predicted octanol–water partition coefficient (Wildman–Crippen LogP) is 2.55. The first-order valence-electron chi connectivity index (χ1n) is 8.06. The highest BCUT2D eigenvalue weighted by atomic mass is 19.1. The van der Waals surface area contributed by atoms with Crippen LogP contribution in [0.25, 0.3) is 0 Å². The zero-order valence-corrected chi connectivity index (χ0v) is 13.7. The number of piperazine rings is 1. The Morgan fingerprint density at radius 3 is 2.58 bits per heavy atom. The SMILES string of the molecule is COc1ccc([C@@H]2CNCCN2C(=O)Cc2ccc(F)cc2)cc1. The Labute approximate surface area is 141 Å². The number of nitrogens with one attached hydrogen (secondary N) is 1. The third-order valence-corrected chi connectivity index (χ3v) is 4.33. The van der Waals surface area contributed by atoms with Gasteiger partial charge >= 0.3 is 0 Å². The first-order valence-corrected chi connectivity index (χ1v) is 8.06. The molecule has 1 heterocycles. The van der Waals surface area contributed by atoms with E-state index >= 15 is 0 Å². The molecule has 24 heavy (non-hydrogen) atoms. The van der Waals surface area contributed by atoms with Gasteiger partial charge in [0, 0.05) is 19.6 Å². The molecule has 3 rings (SSSR count). The van der Waals surface area contributed by atoms with Gasteiger partial charge in [0.1, 0.15) is 11.6 Å². The molecule has 1 aliphatic heterocycles. The van der Waals surface area contributed by atoms with Gasteiger partial charge in [-0.3, -0.25) is 4.79 Å². The second-order valence-corrected chi connectivity index (χ2v) is 5.88. The minimum absolute atomic E-state index is 0.00222. The van der Waals surface area contributed by atoms with Crippen LogP contribution in [0, 0.1) is 5.82 Å². The summed E-state index contributed by atoms with van der Waals surface area (Å²) in [5.74, 6) is 0.570. The van der Waals surface area contributed by atoms with Crippen LogP contribution in [0.4, 0.5) is 4.39 Å². The number of rotatable bonds is 4.